The summed E-state index contributed by atoms with van der Waals surface area (Å²) in [7, 11) is 1.83. The molecule has 1 N–H and O–H groups in total. The van der Waals surface area contributed by atoms with Crippen molar-refractivity contribution in [1.29, 1.82) is 0 Å². The van der Waals surface area contributed by atoms with Gasteiger partial charge in [0.15, 0.2) is 0 Å². The minimum Gasteiger partial charge on any atom is -0.368 e. The van der Waals surface area contributed by atoms with Gasteiger partial charge in [0.25, 0.3) is 0 Å². The zero-order chi connectivity index (χ0) is 11.1. The maximum Gasteiger partial charge on any atom is 0.150 e. The molecule has 1 saturated heterocycles. The molecule has 3 rings (SSSR count). The van der Waals surface area contributed by atoms with Crippen LogP contribution < -0.4 is 10.5 Å². The molecule has 1 aromatic rings. The molecule has 0 amide bonds. The largest absolute Gasteiger partial charge is 0.368 e. The Labute approximate surface area is 93.5 Å². The normalized spacial score (nSPS) is 23.0. The van der Waals surface area contributed by atoms with Crippen LogP contribution in [0, 0.1) is 6.92 Å². The topological polar surface area (TPSA) is 56.3 Å². The first-order chi connectivity index (χ1) is 7.74. The summed E-state index contributed by atoms with van der Waals surface area (Å²) in [6.45, 7) is 2.81. The van der Waals surface area contributed by atoms with E-state index in [0.29, 0.717) is 0 Å². The SMILES string of the molecule is Cc1nc(N2C=NN(C)N2)ccc1[C@H]1CO1. The summed E-state index contributed by atoms with van der Waals surface area (Å²) in [6.07, 6.45) is 1.94. The van der Waals surface area contributed by atoms with Crippen molar-refractivity contribution >= 4 is 12.2 Å². The molecule has 6 nitrogen and oxygen atoms in total. The molecule has 1 atom stereocenters. The Morgan fingerprint density at radius 3 is 2.88 bits per heavy atom. The molecule has 0 radical (unpaired) electrons. The lowest BCUT2D eigenvalue weighted by Gasteiger charge is -2.16. The van der Waals surface area contributed by atoms with Crippen LogP contribution in [0.5, 0.6) is 0 Å². The van der Waals surface area contributed by atoms with Crippen LogP contribution in [0.2, 0.25) is 0 Å². The highest BCUT2D eigenvalue weighted by atomic mass is 16.6. The number of ether oxygens (including phenoxy) is 1. The van der Waals surface area contributed by atoms with E-state index in [0.717, 1.165) is 18.1 Å². The number of nitrogens with zero attached hydrogens (tertiary/aromatic N) is 4. The molecule has 0 bridgehead atoms. The lowest BCUT2D eigenvalue weighted by molar-refractivity contribution is 0.279. The molecule has 0 unspecified atom stereocenters. The Hall–Kier alpha value is -1.66. The van der Waals surface area contributed by atoms with Crippen LogP contribution in [0.15, 0.2) is 17.2 Å². The van der Waals surface area contributed by atoms with E-state index >= 15 is 0 Å². The number of rotatable bonds is 2. The van der Waals surface area contributed by atoms with Gasteiger partial charge in [-0.15, -0.1) is 10.6 Å². The molecule has 2 aliphatic heterocycles. The average Bonchev–Trinajstić information content (AvgIpc) is 3.01. The number of hydrazone groups is 1. The smallest absolute Gasteiger partial charge is 0.150 e. The third-order valence-corrected chi connectivity index (χ3v) is 2.63. The summed E-state index contributed by atoms with van der Waals surface area (Å²) >= 11 is 0. The number of anilines is 1. The molecule has 6 heteroatoms. The van der Waals surface area contributed by atoms with E-state index in [4.69, 9.17) is 4.74 Å². The van der Waals surface area contributed by atoms with Crippen molar-refractivity contribution in [3.8, 4) is 0 Å². The van der Waals surface area contributed by atoms with Gasteiger partial charge in [-0.2, -0.15) is 0 Å². The number of hydrogen-bond acceptors (Lipinski definition) is 6. The lowest BCUT2D eigenvalue weighted by Crippen LogP contribution is -2.38. The Bertz CT molecular complexity index is 443. The molecule has 16 heavy (non-hydrogen) atoms. The van der Waals surface area contributed by atoms with Crippen molar-refractivity contribution in [2.24, 2.45) is 5.10 Å². The molecule has 84 valence electrons. The fourth-order valence-corrected chi connectivity index (χ4v) is 1.71. The summed E-state index contributed by atoms with van der Waals surface area (Å²) in [5.41, 5.74) is 5.19. The zero-order valence-corrected chi connectivity index (χ0v) is 9.21. The predicted molar refractivity (Wildman–Crippen MR) is 59.5 cm³/mol. The molecule has 1 fully saturated rings. The third-order valence-electron chi connectivity index (χ3n) is 2.63. The van der Waals surface area contributed by atoms with Crippen molar-refractivity contribution < 1.29 is 4.74 Å². The molecule has 3 heterocycles. The molecule has 0 saturated carbocycles. The molecule has 0 aromatic carbocycles. The van der Waals surface area contributed by atoms with E-state index in [9.17, 15) is 0 Å². The maximum atomic E-state index is 5.25. The van der Waals surface area contributed by atoms with Gasteiger partial charge in [0.2, 0.25) is 0 Å². The van der Waals surface area contributed by atoms with E-state index < -0.39 is 0 Å². The fraction of sp³-hybridized carbons (Fsp3) is 0.400. The van der Waals surface area contributed by atoms with Crippen LogP contribution in [0.4, 0.5) is 5.82 Å². The molecular weight excluding hydrogens is 206 g/mol. The van der Waals surface area contributed by atoms with Crippen molar-refractivity contribution in [3.05, 3.63) is 23.4 Å². The Morgan fingerprint density at radius 2 is 2.31 bits per heavy atom. The van der Waals surface area contributed by atoms with Crippen LogP contribution in [0.1, 0.15) is 17.4 Å². The predicted octanol–water partition coefficient (Wildman–Crippen LogP) is 0.576. The quantitative estimate of drug-likeness (QED) is 0.737. The number of nitrogens with one attached hydrogen (secondary N) is 1. The van der Waals surface area contributed by atoms with Crippen LogP contribution in [0.25, 0.3) is 0 Å². The van der Waals surface area contributed by atoms with Gasteiger partial charge >= 0.3 is 0 Å². The van der Waals surface area contributed by atoms with E-state index in [1.54, 1.807) is 16.5 Å². The highest BCUT2D eigenvalue weighted by Crippen LogP contribution is 2.32. The minimum absolute atomic E-state index is 0.254. The summed E-state index contributed by atoms with van der Waals surface area (Å²) in [4.78, 5) is 4.52. The molecule has 0 spiro atoms. The van der Waals surface area contributed by atoms with Crippen molar-refractivity contribution in [1.82, 2.24) is 15.6 Å². The highest BCUT2D eigenvalue weighted by Gasteiger charge is 2.27. The fourth-order valence-electron chi connectivity index (χ4n) is 1.71. The summed E-state index contributed by atoms with van der Waals surface area (Å²) in [5.74, 6) is 0.829. The van der Waals surface area contributed by atoms with Gasteiger partial charge in [0.1, 0.15) is 18.3 Å². The Balaban J connectivity index is 1.86. The van der Waals surface area contributed by atoms with Crippen LogP contribution in [-0.4, -0.2) is 30.1 Å². The van der Waals surface area contributed by atoms with Crippen LogP contribution in [0.3, 0.4) is 0 Å². The number of epoxide rings is 1. The van der Waals surface area contributed by atoms with Gasteiger partial charge < -0.3 is 4.74 Å². The summed E-state index contributed by atoms with van der Waals surface area (Å²) < 4.78 is 5.25. The van der Waals surface area contributed by atoms with Crippen LogP contribution in [-0.2, 0) is 4.74 Å². The van der Waals surface area contributed by atoms with E-state index in [1.807, 2.05) is 20.0 Å². The second-order valence-corrected chi connectivity index (χ2v) is 3.89. The third kappa shape index (κ3) is 1.62. The Kier molecular flexibility index (Phi) is 2.05. The standard InChI is InChI=1S/C10H13N5O/c1-7-8(9-5-16-9)3-4-10(12-7)15-6-11-14(2)13-15/h3-4,6,9,13H,5H2,1-2H3/t9-/m1/s1. The second kappa shape index (κ2) is 3.43. The maximum absolute atomic E-state index is 5.25. The van der Waals surface area contributed by atoms with E-state index in [2.05, 4.69) is 21.7 Å². The first kappa shape index (κ1) is 9.56. The van der Waals surface area contributed by atoms with Crippen molar-refractivity contribution in [3.63, 3.8) is 0 Å². The number of aryl methyl sites for hydroxylation is 1. The van der Waals surface area contributed by atoms with Crippen LogP contribution >= 0.6 is 0 Å². The van der Waals surface area contributed by atoms with Gasteiger partial charge in [0, 0.05) is 18.3 Å². The van der Waals surface area contributed by atoms with Gasteiger partial charge in [-0.25, -0.2) is 15.1 Å². The zero-order valence-electron chi connectivity index (χ0n) is 9.21. The van der Waals surface area contributed by atoms with Crippen molar-refractivity contribution in [2.45, 2.75) is 13.0 Å². The van der Waals surface area contributed by atoms with E-state index in [1.165, 1.54) is 5.56 Å². The average molecular weight is 219 g/mol. The van der Waals surface area contributed by atoms with Gasteiger partial charge in [-0.1, -0.05) is 6.07 Å². The number of hydrogen-bond donors (Lipinski definition) is 1. The molecule has 2 aliphatic rings. The number of pyridine rings is 1. The van der Waals surface area contributed by atoms with Gasteiger partial charge in [-0.3, -0.25) is 0 Å². The summed E-state index contributed by atoms with van der Waals surface area (Å²) in [6, 6.07) is 4.02. The van der Waals surface area contributed by atoms with E-state index in [-0.39, 0.29) is 6.10 Å². The number of hydrazine groups is 2. The molecular formula is C10H13N5O. The second-order valence-electron chi connectivity index (χ2n) is 3.89. The number of aromatic nitrogens is 1. The molecule has 0 aliphatic carbocycles. The monoisotopic (exact) mass is 219 g/mol. The van der Waals surface area contributed by atoms with Crippen molar-refractivity contribution in [2.75, 3.05) is 18.7 Å². The van der Waals surface area contributed by atoms with Gasteiger partial charge in [0.05, 0.1) is 6.61 Å². The minimum atomic E-state index is 0.254. The Morgan fingerprint density at radius 1 is 1.50 bits per heavy atom. The first-order valence-electron chi connectivity index (χ1n) is 5.16. The molecule has 1 aromatic heterocycles. The van der Waals surface area contributed by atoms with Gasteiger partial charge in [-0.05, 0) is 13.0 Å². The summed E-state index contributed by atoms with van der Waals surface area (Å²) in [5, 5.41) is 7.44. The highest BCUT2D eigenvalue weighted by molar-refractivity contribution is 5.77. The lowest BCUT2D eigenvalue weighted by atomic mass is 10.1. The first-order valence-corrected chi connectivity index (χ1v) is 5.16.